The standard InChI is InChI=1S/C18H25NO/c1-3-5-13-6-4-7-14(10-13)18(20)15-11-16-8-9-17(12-15)19(16)2/h4,6-7,10,15-17H,3,5,8-9,11-12H2,1-2H3. The molecule has 0 aliphatic carbocycles. The molecule has 2 heterocycles. The van der Waals surface area contributed by atoms with Crippen LogP contribution in [0.15, 0.2) is 24.3 Å². The summed E-state index contributed by atoms with van der Waals surface area (Å²) in [6.45, 7) is 2.18. The van der Waals surface area contributed by atoms with E-state index in [-0.39, 0.29) is 5.92 Å². The van der Waals surface area contributed by atoms with Gasteiger partial charge in [-0.3, -0.25) is 4.79 Å². The third-order valence-electron chi connectivity index (χ3n) is 5.22. The Kier molecular flexibility index (Phi) is 3.93. The molecule has 1 aromatic rings. The van der Waals surface area contributed by atoms with Crippen LogP contribution < -0.4 is 0 Å². The fraction of sp³-hybridized carbons (Fsp3) is 0.611. The molecule has 2 fully saturated rings. The number of Topliss-reactive ketones (excluding diaryl/α,β-unsaturated/α-hetero) is 1. The quantitative estimate of drug-likeness (QED) is 0.778. The van der Waals surface area contributed by atoms with Crippen LogP contribution in [-0.2, 0) is 6.42 Å². The van der Waals surface area contributed by atoms with Crippen LogP contribution in [0, 0.1) is 5.92 Å². The Balaban J connectivity index is 1.74. The van der Waals surface area contributed by atoms with Gasteiger partial charge in [-0.05, 0) is 50.8 Å². The lowest BCUT2D eigenvalue weighted by molar-refractivity contribution is 0.0767. The molecule has 3 rings (SSSR count). The van der Waals surface area contributed by atoms with Crippen molar-refractivity contribution in [3.8, 4) is 0 Å². The van der Waals surface area contributed by atoms with Gasteiger partial charge < -0.3 is 4.90 Å². The van der Waals surface area contributed by atoms with Crippen LogP contribution in [0.4, 0.5) is 0 Å². The van der Waals surface area contributed by atoms with Crippen LogP contribution in [0.5, 0.6) is 0 Å². The monoisotopic (exact) mass is 271 g/mol. The summed E-state index contributed by atoms with van der Waals surface area (Å²) in [6, 6.07) is 9.58. The van der Waals surface area contributed by atoms with Gasteiger partial charge in [-0.2, -0.15) is 0 Å². The fourth-order valence-corrected chi connectivity index (χ4v) is 4.03. The largest absolute Gasteiger partial charge is 0.300 e. The molecule has 20 heavy (non-hydrogen) atoms. The molecular formula is C18H25NO. The second-order valence-electron chi connectivity index (χ2n) is 6.53. The summed E-state index contributed by atoms with van der Waals surface area (Å²) in [5.41, 5.74) is 2.24. The van der Waals surface area contributed by atoms with Gasteiger partial charge in [0.25, 0.3) is 0 Å². The predicted octanol–water partition coefficient (Wildman–Crippen LogP) is 3.69. The average molecular weight is 271 g/mol. The minimum atomic E-state index is 0.251. The van der Waals surface area contributed by atoms with Crippen LogP contribution in [0.1, 0.15) is 54.9 Å². The number of fused-ring (bicyclic) bond motifs is 2. The Labute approximate surface area is 122 Å². The highest BCUT2D eigenvalue weighted by Gasteiger charge is 2.40. The van der Waals surface area contributed by atoms with Gasteiger partial charge in [0.2, 0.25) is 0 Å². The van der Waals surface area contributed by atoms with Gasteiger partial charge in [0.05, 0.1) is 0 Å². The van der Waals surface area contributed by atoms with Crippen LogP contribution in [0.3, 0.4) is 0 Å². The zero-order valence-electron chi connectivity index (χ0n) is 12.6. The Morgan fingerprint density at radius 3 is 2.60 bits per heavy atom. The first kappa shape index (κ1) is 13.8. The predicted molar refractivity (Wildman–Crippen MR) is 82.1 cm³/mol. The van der Waals surface area contributed by atoms with Crippen LogP contribution in [0.25, 0.3) is 0 Å². The number of benzene rings is 1. The van der Waals surface area contributed by atoms with Gasteiger partial charge in [0.15, 0.2) is 5.78 Å². The molecule has 2 aliphatic heterocycles. The molecule has 0 radical (unpaired) electrons. The maximum Gasteiger partial charge on any atom is 0.166 e. The number of hydrogen-bond donors (Lipinski definition) is 0. The number of nitrogens with zero attached hydrogens (tertiary/aromatic N) is 1. The first-order valence-corrected chi connectivity index (χ1v) is 8.04. The van der Waals surface area contributed by atoms with Gasteiger partial charge in [0.1, 0.15) is 0 Å². The van der Waals surface area contributed by atoms with Crippen molar-refractivity contribution < 1.29 is 4.79 Å². The highest BCUT2D eigenvalue weighted by atomic mass is 16.1. The van der Waals surface area contributed by atoms with Crippen LogP contribution in [-0.4, -0.2) is 29.8 Å². The summed E-state index contributed by atoms with van der Waals surface area (Å²) in [5.74, 6) is 0.633. The van der Waals surface area contributed by atoms with Crippen molar-refractivity contribution in [3.05, 3.63) is 35.4 Å². The van der Waals surface area contributed by atoms with E-state index in [9.17, 15) is 4.79 Å². The van der Waals surface area contributed by atoms with E-state index in [0.29, 0.717) is 17.9 Å². The van der Waals surface area contributed by atoms with Gasteiger partial charge in [-0.1, -0.05) is 31.5 Å². The van der Waals surface area contributed by atoms with E-state index in [4.69, 9.17) is 0 Å². The molecule has 2 unspecified atom stereocenters. The smallest absolute Gasteiger partial charge is 0.166 e. The number of piperidine rings is 1. The zero-order chi connectivity index (χ0) is 14.1. The molecule has 0 aromatic heterocycles. The third-order valence-corrected chi connectivity index (χ3v) is 5.22. The zero-order valence-corrected chi connectivity index (χ0v) is 12.6. The molecule has 2 atom stereocenters. The SMILES string of the molecule is CCCc1cccc(C(=O)C2CC3CCC(C2)N3C)c1. The highest BCUT2D eigenvalue weighted by molar-refractivity contribution is 5.98. The molecule has 2 heteroatoms. The molecule has 1 aromatic carbocycles. The number of ketones is 1. The van der Waals surface area contributed by atoms with Crippen molar-refractivity contribution in [2.75, 3.05) is 7.05 Å². The molecule has 0 N–H and O–H groups in total. The molecule has 2 saturated heterocycles. The molecule has 0 saturated carbocycles. The van der Waals surface area contributed by atoms with E-state index >= 15 is 0 Å². The van der Waals surface area contributed by atoms with Gasteiger partial charge in [-0.25, -0.2) is 0 Å². The Morgan fingerprint density at radius 2 is 1.95 bits per heavy atom. The number of rotatable bonds is 4. The topological polar surface area (TPSA) is 20.3 Å². The Morgan fingerprint density at radius 1 is 1.25 bits per heavy atom. The van der Waals surface area contributed by atoms with Crippen LogP contribution in [0.2, 0.25) is 0 Å². The second-order valence-corrected chi connectivity index (χ2v) is 6.53. The van der Waals surface area contributed by atoms with E-state index in [1.165, 1.54) is 18.4 Å². The number of carbonyl (C=O) groups excluding carboxylic acids is 1. The minimum absolute atomic E-state index is 0.251. The fourth-order valence-electron chi connectivity index (χ4n) is 4.03. The van der Waals surface area contributed by atoms with Crippen molar-refractivity contribution in [1.82, 2.24) is 4.90 Å². The summed E-state index contributed by atoms with van der Waals surface area (Å²) < 4.78 is 0. The number of hydrogen-bond acceptors (Lipinski definition) is 2. The first-order chi connectivity index (χ1) is 9.69. The van der Waals surface area contributed by atoms with Crippen LogP contribution >= 0.6 is 0 Å². The van der Waals surface area contributed by atoms with E-state index < -0.39 is 0 Å². The Hall–Kier alpha value is -1.15. The summed E-state index contributed by atoms with van der Waals surface area (Å²) in [4.78, 5) is 15.3. The summed E-state index contributed by atoms with van der Waals surface area (Å²) in [5, 5.41) is 0. The lowest BCUT2D eigenvalue weighted by Crippen LogP contribution is -2.42. The normalized spacial score (nSPS) is 29.6. The lowest BCUT2D eigenvalue weighted by Gasteiger charge is -2.35. The molecule has 2 aliphatic rings. The molecular weight excluding hydrogens is 246 g/mol. The molecule has 0 spiro atoms. The second kappa shape index (κ2) is 5.69. The highest BCUT2D eigenvalue weighted by Crippen LogP contribution is 2.38. The molecule has 108 valence electrons. The molecule has 2 nitrogen and oxygen atoms in total. The summed E-state index contributed by atoms with van der Waals surface area (Å²) >= 11 is 0. The van der Waals surface area contributed by atoms with E-state index in [1.807, 2.05) is 12.1 Å². The molecule has 0 amide bonds. The van der Waals surface area contributed by atoms with Crippen molar-refractivity contribution in [1.29, 1.82) is 0 Å². The third kappa shape index (κ3) is 2.54. The lowest BCUT2D eigenvalue weighted by atomic mass is 9.84. The van der Waals surface area contributed by atoms with E-state index in [2.05, 4.69) is 31.0 Å². The van der Waals surface area contributed by atoms with Crippen molar-refractivity contribution in [2.45, 2.75) is 57.5 Å². The summed E-state index contributed by atoms with van der Waals surface area (Å²) in [6.07, 6.45) is 6.88. The van der Waals surface area contributed by atoms with E-state index in [0.717, 1.165) is 31.2 Å². The minimum Gasteiger partial charge on any atom is -0.300 e. The first-order valence-electron chi connectivity index (χ1n) is 8.04. The van der Waals surface area contributed by atoms with Gasteiger partial charge in [-0.15, -0.1) is 0 Å². The van der Waals surface area contributed by atoms with E-state index in [1.54, 1.807) is 0 Å². The van der Waals surface area contributed by atoms with Crippen molar-refractivity contribution in [2.24, 2.45) is 5.92 Å². The Bertz CT molecular complexity index is 482. The maximum atomic E-state index is 12.8. The average Bonchev–Trinajstić information content (AvgIpc) is 2.68. The number of carbonyl (C=O) groups is 1. The summed E-state index contributed by atoms with van der Waals surface area (Å²) in [7, 11) is 2.23. The van der Waals surface area contributed by atoms with Gasteiger partial charge in [0, 0.05) is 23.6 Å². The molecule has 2 bridgehead atoms. The van der Waals surface area contributed by atoms with Gasteiger partial charge >= 0.3 is 0 Å². The number of aryl methyl sites for hydroxylation is 1. The maximum absolute atomic E-state index is 12.8. The van der Waals surface area contributed by atoms with Crippen molar-refractivity contribution >= 4 is 5.78 Å². The van der Waals surface area contributed by atoms with Crippen molar-refractivity contribution in [3.63, 3.8) is 0 Å².